The minimum atomic E-state index is -0.351. The molecule has 3 aromatic carbocycles. The Balaban J connectivity index is 1.43. The van der Waals surface area contributed by atoms with E-state index in [9.17, 15) is 9.59 Å². The molecule has 7 heteroatoms. The fraction of sp³-hybridized carbons (Fsp3) is 0.0476. The third kappa shape index (κ3) is 3.88. The summed E-state index contributed by atoms with van der Waals surface area (Å²) in [5.41, 5.74) is 2.67. The Labute approximate surface area is 160 Å². The molecule has 7 nitrogen and oxygen atoms in total. The monoisotopic (exact) mass is 371 g/mol. The maximum Gasteiger partial charge on any atom is 0.278 e. The van der Waals surface area contributed by atoms with Crippen LogP contribution in [0.3, 0.4) is 0 Å². The van der Waals surface area contributed by atoms with E-state index in [1.165, 1.54) is 0 Å². The molecular formula is C21H17N5O2. The summed E-state index contributed by atoms with van der Waals surface area (Å²) in [6.45, 7) is -0.208. The molecule has 1 amide bonds. The van der Waals surface area contributed by atoms with Crippen molar-refractivity contribution >= 4 is 33.9 Å². The van der Waals surface area contributed by atoms with Gasteiger partial charge in [-0.15, -0.1) is 5.10 Å². The summed E-state index contributed by atoms with van der Waals surface area (Å²) in [6.07, 6.45) is 0. The largest absolute Gasteiger partial charge is 0.356 e. The van der Waals surface area contributed by atoms with E-state index >= 15 is 0 Å². The SMILES string of the molecule is O=C(Cn1nnc2ccccc2c1=O)Nc1ccc(Nc2ccccc2)cc1. The van der Waals surface area contributed by atoms with Crippen molar-refractivity contribution in [1.29, 1.82) is 0 Å². The van der Waals surface area contributed by atoms with Crippen LogP contribution in [0.5, 0.6) is 0 Å². The first kappa shape index (κ1) is 17.4. The van der Waals surface area contributed by atoms with Crippen LogP contribution < -0.4 is 16.2 Å². The predicted octanol–water partition coefficient (Wildman–Crippen LogP) is 3.17. The van der Waals surface area contributed by atoms with Crippen molar-refractivity contribution in [2.75, 3.05) is 10.6 Å². The zero-order valence-electron chi connectivity index (χ0n) is 14.9. The number of rotatable bonds is 5. The molecule has 0 bridgehead atoms. The van der Waals surface area contributed by atoms with Gasteiger partial charge in [0.05, 0.1) is 5.39 Å². The van der Waals surface area contributed by atoms with Crippen LogP contribution >= 0.6 is 0 Å². The Morgan fingerprint density at radius 3 is 2.25 bits per heavy atom. The first-order chi connectivity index (χ1) is 13.7. The summed E-state index contributed by atoms with van der Waals surface area (Å²) in [7, 11) is 0. The van der Waals surface area contributed by atoms with Gasteiger partial charge in [-0.2, -0.15) is 0 Å². The smallest absolute Gasteiger partial charge is 0.278 e. The highest BCUT2D eigenvalue weighted by molar-refractivity contribution is 5.91. The van der Waals surface area contributed by atoms with E-state index < -0.39 is 0 Å². The van der Waals surface area contributed by atoms with Crippen LogP contribution in [0.1, 0.15) is 0 Å². The lowest BCUT2D eigenvalue weighted by atomic mass is 10.2. The Morgan fingerprint density at radius 2 is 1.46 bits per heavy atom. The van der Waals surface area contributed by atoms with Crippen LogP contribution in [0.25, 0.3) is 10.9 Å². The Kier molecular flexibility index (Phi) is 4.79. The van der Waals surface area contributed by atoms with Crippen molar-refractivity contribution in [3.8, 4) is 0 Å². The van der Waals surface area contributed by atoms with E-state index in [0.717, 1.165) is 16.1 Å². The highest BCUT2D eigenvalue weighted by Gasteiger charge is 2.09. The second-order valence-corrected chi connectivity index (χ2v) is 6.19. The number of para-hydroxylation sites is 1. The molecule has 0 radical (unpaired) electrons. The molecular weight excluding hydrogens is 354 g/mol. The molecule has 0 unspecified atom stereocenters. The third-order valence-electron chi connectivity index (χ3n) is 4.15. The van der Waals surface area contributed by atoms with Gasteiger partial charge in [0.2, 0.25) is 5.91 Å². The number of benzene rings is 3. The molecule has 1 aromatic heterocycles. The van der Waals surface area contributed by atoms with Crippen LogP contribution in [0, 0.1) is 0 Å². The van der Waals surface area contributed by atoms with Gasteiger partial charge < -0.3 is 10.6 Å². The average molecular weight is 371 g/mol. The minimum absolute atomic E-state index is 0.208. The predicted molar refractivity (Wildman–Crippen MR) is 109 cm³/mol. The Hall–Kier alpha value is -4.00. The van der Waals surface area contributed by atoms with Crippen LogP contribution in [-0.4, -0.2) is 20.9 Å². The number of hydrogen-bond acceptors (Lipinski definition) is 5. The van der Waals surface area contributed by atoms with Gasteiger partial charge in [-0.25, -0.2) is 4.68 Å². The zero-order chi connectivity index (χ0) is 19.3. The van der Waals surface area contributed by atoms with E-state index in [-0.39, 0.29) is 18.0 Å². The van der Waals surface area contributed by atoms with Gasteiger partial charge in [-0.3, -0.25) is 9.59 Å². The highest BCUT2D eigenvalue weighted by atomic mass is 16.2. The first-order valence-electron chi connectivity index (χ1n) is 8.73. The number of anilines is 3. The topological polar surface area (TPSA) is 88.9 Å². The van der Waals surface area contributed by atoms with Crippen molar-refractivity contribution in [2.45, 2.75) is 6.54 Å². The summed E-state index contributed by atoms with van der Waals surface area (Å²) < 4.78 is 1.06. The van der Waals surface area contributed by atoms with E-state index in [0.29, 0.717) is 16.6 Å². The molecule has 0 saturated carbocycles. The van der Waals surface area contributed by atoms with Crippen molar-refractivity contribution in [3.05, 3.63) is 89.2 Å². The number of aromatic nitrogens is 3. The summed E-state index contributed by atoms with van der Waals surface area (Å²) >= 11 is 0. The van der Waals surface area contributed by atoms with E-state index in [4.69, 9.17) is 0 Å². The molecule has 1 heterocycles. The van der Waals surface area contributed by atoms with Crippen LogP contribution in [0.4, 0.5) is 17.1 Å². The molecule has 0 saturated heterocycles. The number of amides is 1. The lowest BCUT2D eigenvalue weighted by molar-refractivity contribution is -0.117. The van der Waals surface area contributed by atoms with Crippen molar-refractivity contribution in [3.63, 3.8) is 0 Å². The molecule has 2 N–H and O–H groups in total. The zero-order valence-corrected chi connectivity index (χ0v) is 14.9. The Morgan fingerprint density at radius 1 is 0.821 bits per heavy atom. The molecule has 0 aliphatic carbocycles. The number of nitrogens with zero attached hydrogens (tertiary/aromatic N) is 3. The van der Waals surface area contributed by atoms with Crippen LogP contribution in [0.2, 0.25) is 0 Å². The van der Waals surface area contributed by atoms with E-state index in [2.05, 4.69) is 20.9 Å². The van der Waals surface area contributed by atoms with Crippen molar-refractivity contribution < 1.29 is 4.79 Å². The maximum absolute atomic E-state index is 12.4. The number of fused-ring (bicyclic) bond motifs is 1. The van der Waals surface area contributed by atoms with Gasteiger partial charge in [-0.1, -0.05) is 35.5 Å². The van der Waals surface area contributed by atoms with Gasteiger partial charge in [0, 0.05) is 17.1 Å². The fourth-order valence-electron chi connectivity index (χ4n) is 2.79. The van der Waals surface area contributed by atoms with Gasteiger partial charge in [0.15, 0.2) is 0 Å². The molecule has 138 valence electrons. The summed E-state index contributed by atoms with van der Waals surface area (Å²) in [6, 6.07) is 24.0. The molecule has 0 fully saturated rings. The maximum atomic E-state index is 12.4. The van der Waals surface area contributed by atoms with Gasteiger partial charge in [0.25, 0.3) is 5.56 Å². The van der Waals surface area contributed by atoms with Gasteiger partial charge in [-0.05, 0) is 48.5 Å². The molecule has 0 atom stereocenters. The molecule has 0 spiro atoms. The average Bonchev–Trinajstić information content (AvgIpc) is 2.72. The fourth-order valence-corrected chi connectivity index (χ4v) is 2.79. The summed E-state index contributed by atoms with van der Waals surface area (Å²) in [5, 5.41) is 14.3. The number of hydrogen-bond donors (Lipinski definition) is 2. The lowest BCUT2D eigenvalue weighted by Crippen LogP contribution is -2.30. The van der Waals surface area contributed by atoms with Crippen LogP contribution in [-0.2, 0) is 11.3 Å². The Bertz CT molecular complexity index is 1170. The van der Waals surface area contributed by atoms with Crippen LogP contribution in [0.15, 0.2) is 83.7 Å². The number of carbonyl (C=O) groups is 1. The minimum Gasteiger partial charge on any atom is -0.356 e. The molecule has 4 aromatic rings. The number of nitrogens with one attached hydrogen (secondary N) is 2. The van der Waals surface area contributed by atoms with Gasteiger partial charge in [0.1, 0.15) is 12.1 Å². The molecule has 0 aliphatic heterocycles. The normalized spacial score (nSPS) is 10.6. The van der Waals surface area contributed by atoms with Gasteiger partial charge >= 0.3 is 0 Å². The quantitative estimate of drug-likeness (QED) is 0.562. The highest BCUT2D eigenvalue weighted by Crippen LogP contribution is 2.18. The first-order valence-corrected chi connectivity index (χ1v) is 8.73. The third-order valence-corrected chi connectivity index (χ3v) is 4.15. The molecule has 28 heavy (non-hydrogen) atoms. The molecule has 0 aliphatic rings. The van der Waals surface area contributed by atoms with E-state index in [1.54, 1.807) is 36.4 Å². The summed E-state index contributed by atoms with van der Waals surface area (Å²) in [5.74, 6) is -0.351. The second kappa shape index (κ2) is 7.71. The van der Waals surface area contributed by atoms with E-state index in [1.807, 2.05) is 42.5 Å². The van der Waals surface area contributed by atoms with Crippen molar-refractivity contribution in [2.24, 2.45) is 0 Å². The summed E-state index contributed by atoms with van der Waals surface area (Å²) in [4.78, 5) is 24.7. The molecule has 4 rings (SSSR count). The second-order valence-electron chi connectivity index (χ2n) is 6.19. The standard InChI is InChI=1S/C21H17N5O2/c27-20(14-26-21(28)18-8-4-5-9-19(18)24-25-26)23-17-12-10-16(11-13-17)22-15-6-2-1-3-7-15/h1-13,22H,14H2,(H,23,27). The number of carbonyl (C=O) groups excluding carboxylic acids is 1. The lowest BCUT2D eigenvalue weighted by Gasteiger charge is -2.09. The van der Waals surface area contributed by atoms with Crippen molar-refractivity contribution in [1.82, 2.24) is 15.0 Å².